The van der Waals surface area contributed by atoms with Gasteiger partial charge in [-0.1, -0.05) is 65.7 Å². The third kappa shape index (κ3) is 5.42. The second-order valence-corrected chi connectivity index (χ2v) is 8.54. The molecule has 0 aromatic heterocycles. The molecular formula is C25H23Cl2N3O2. The molecule has 0 saturated heterocycles. The number of hydrogen-bond donors (Lipinski definition) is 2. The molecule has 0 radical (unpaired) electrons. The highest BCUT2D eigenvalue weighted by Crippen LogP contribution is 2.28. The first-order valence-electron chi connectivity index (χ1n) is 10.4. The zero-order chi connectivity index (χ0) is 22.5. The lowest BCUT2D eigenvalue weighted by molar-refractivity contribution is -0.120. The Kier molecular flexibility index (Phi) is 6.98. The minimum absolute atomic E-state index is 0.135. The second kappa shape index (κ2) is 10.1. The number of benzene rings is 3. The molecule has 2 amide bonds. The van der Waals surface area contributed by atoms with Crippen molar-refractivity contribution in [1.82, 2.24) is 10.6 Å². The zero-order valence-corrected chi connectivity index (χ0v) is 18.9. The van der Waals surface area contributed by atoms with Crippen molar-refractivity contribution in [3.8, 4) is 0 Å². The molecule has 5 nitrogen and oxygen atoms in total. The van der Waals surface area contributed by atoms with Gasteiger partial charge in [-0.2, -0.15) is 0 Å². The quantitative estimate of drug-likeness (QED) is 0.533. The lowest BCUT2D eigenvalue weighted by Crippen LogP contribution is -2.36. The van der Waals surface area contributed by atoms with Crippen LogP contribution >= 0.6 is 23.2 Å². The molecule has 0 unspecified atom stereocenters. The maximum Gasteiger partial charge on any atom is 0.253 e. The molecule has 2 N–H and O–H groups in total. The number of anilines is 1. The highest BCUT2D eigenvalue weighted by atomic mass is 35.5. The zero-order valence-electron chi connectivity index (χ0n) is 17.4. The van der Waals surface area contributed by atoms with E-state index in [9.17, 15) is 9.59 Å². The smallest absolute Gasteiger partial charge is 0.253 e. The Morgan fingerprint density at radius 1 is 0.906 bits per heavy atom. The van der Waals surface area contributed by atoms with Gasteiger partial charge in [0, 0.05) is 30.3 Å². The van der Waals surface area contributed by atoms with Gasteiger partial charge in [-0.3, -0.25) is 9.59 Å². The molecule has 3 aromatic carbocycles. The summed E-state index contributed by atoms with van der Waals surface area (Å²) < 4.78 is 0. The van der Waals surface area contributed by atoms with E-state index in [0.717, 1.165) is 25.1 Å². The summed E-state index contributed by atoms with van der Waals surface area (Å²) in [5.74, 6) is -0.698. The molecule has 1 heterocycles. The Morgan fingerprint density at radius 3 is 2.44 bits per heavy atom. The summed E-state index contributed by atoms with van der Waals surface area (Å²) >= 11 is 11.9. The van der Waals surface area contributed by atoms with Crippen LogP contribution in [0.5, 0.6) is 0 Å². The first-order valence-corrected chi connectivity index (χ1v) is 11.2. The molecule has 4 rings (SSSR count). The van der Waals surface area contributed by atoms with Gasteiger partial charge in [-0.15, -0.1) is 0 Å². The van der Waals surface area contributed by atoms with Gasteiger partial charge in [0.15, 0.2) is 0 Å². The highest BCUT2D eigenvalue weighted by Gasteiger charge is 2.18. The van der Waals surface area contributed by atoms with Gasteiger partial charge in [0.2, 0.25) is 5.91 Å². The lowest BCUT2D eigenvalue weighted by atomic mass is 10.1. The van der Waals surface area contributed by atoms with Crippen molar-refractivity contribution in [2.45, 2.75) is 19.5 Å². The van der Waals surface area contributed by atoms with E-state index < -0.39 is 5.91 Å². The summed E-state index contributed by atoms with van der Waals surface area (Å²) in [7, 11) is 0. The normalized spacial score (nSPS) is 12.4. The fourth-order valence-electron chi connectivity index (χ4n) is 3.75. The van der Waals surface area contributed by atoms with E-state index in [0.29, 0.717) is 11.6 Å². The number of carbonyl (C=O) groups excluding carboxylic acids is 2. The van der Waals surface area contributed by atoms with Crippen molar-refractivity contribution in [3.63, 3.8) is 0 Å². The van der Waals surface area contributed by atoms with Crippen LogP contribution in [0.25, 0.3) is 0 Å². The Labute approximate surface area is 197 Å². The van der Waals surface area contributed by atoms with E-state index in [4.69, 9.17) is 23.2 Å². The number of para-hydroxylation sites is 1. The number of nitrogens with one attached hydrogen (secondary N) is 2. The highest BCUT2D eigenvalue weighted by molar-refractivity contribution is 6.36. The van der Waals surface area contributed by atoms with E-state index >= 15 is 0 Å². The van der Waals surface area contributed by atoms with Crippen molar-refractivity contribution in [2.75, 3.05) is 18.0 Å². The first-order chi connectivity index (χ1) is 15.5. The van der Waals surface area contributed by atoms with E-state index in [1.54, 1.807) is 6.07 Å². The molecular weight excluding hydrogens is 445 g/mol. The van der Waals surface area contributed by atoms with E-state index in [2.05, 4.69) is 51.9 Å². The molecule has 0 spiro atoms. The van der Waals surface area contributed by atoms with Crippen LogP contribution in [0.2, 0.25) is 10.0 Å². The van der Waals surface area contributed by atoms with Crippen LogP contribution in [-0.4, -0.2) is 24.9 Å². The van der Waals surface area contributed by atoms with Crippen molar-refractivity contribution in [2.24, 2.45) is 0 Å². The maximum absolute atomic E-state index is 12.2. The molecule has 0 aliphatic carbocycles. The third-order valence-corrected chi connectivity index (χ3v) is 6.00. The molecule has 1 aliphatic rings. The number of amides is 2. The van der Waals surface area contributed by atoms with Crippen LogP contribution < -0.4 is 15.5 Å². The Balaban J connectivity index is 1.23. The van der Waals surface area contributed by atoms with Crippen LogP contribution in [0, 0.1) is 0 Å². The molecule has 0 saturated carbocycles. The molecule has 7 heteroatoms. The Bertz CT molecular complexity index is 1130. The molecule has 0 bridgehead atoms. The maximum atomic E-state index is 12.2. The molecule has 0 atom stereocenters. The van der Waals surface area contributed by atoms with Crippen molar-refractivity contribution >= 4 is 40.7 Å². The molecule has 0 fully saturated rings. The Morgan fingerprint density at radius 2 is 1.66 bits per heavy atom. The average Bonchev–Trinajstić information content (AvgIpc) is 3.20. The fraction of sp³-hybridized carbons (Fsp3) is 0.200. The summed E-state index contributed by atoms with van der Waals surface area (Å²) in [6.07, 6.45) is 1.08. The minimum atomic E-state index is -0.422. The summed E-state index contributed by atoms with van der Waals surface area (Å²) in [5, 5.41) is 6.07. The topological polar surface area (TPSA) is 61.4 Å². The van der Waals surface area contributed by atoms with Gasteiger partial charge in [-0.25, -0.2) is 0 Å². The molecule has 3 aromatic rings. The van der Waals surface area contributed by atoms with Crippen molar-refractivity contribution < 1.29 is 9.59 Å². The van der Waals surface area contributed by atoms with Gasteiger partial charge in [0.25, 0.3) is 5.91 Å². The SMILES string of the molecule is O=C(CNC(=O)c1ccc(Cl)cc1Cl)NCc1ccc(CN2CCc3ccccc32)cc1. The van der Waals surface area contributed by atoms with Crippen LogP contribution in [-0.2, 0) is 24.3 Å². The molecule has 1 aliphatic heterocycles. The van der Waals surface area contributed by atoms with Crippen LogP contribution in [0.3, 0.4) is 0 Å². The number of nitrogens with zero attached hydrogens (tertiary/aromatic N) is 1. The van der Waals surface area contributed by atoms with Gasteiger partial charge < -0.3 is 15.5 Å². The van der Waals surface area contributed by atoms with Crippen LogP contribution in [0.15, 0.2) is 66.7 Å². The minimum Gasteiger partial charge on any atom is -0.367 e. The standard InChI is InChI=1S/C25H23Cl2N3O2/c26-20-9-10-21(22(27)13-20)25(32)29-15-24(31)28-14-17-5-7-18(8-6-17)16-30-12-11-19-3-1-2-4-23(19)30/h1-10,13H,11-12,14-16H2,(H,28,31)(H,29,32). The number of carbonyl (C=O) groups is 2. The van der Waals surface area contributed by atoms with Crippen molar-refractivity contribution in [3.05, 3.63) is 99.0 Å². The summed E-state index contributed by atoms with van der Waals surface area (Å²) in [5.41, 5.74) is 5.21. The van der Waals surface area contributed by atoms with Crippen molar-refractivity contribution in [1.29, 1.82) is 0 Å². The summed E-state index contributed by atoms with van der Waals surface area (Å²) in [6.45, 7) is 2.15. The lowest BCUT2D eigenvalue weighted by Gasteiger charge is -2.19. The first kappa shape index (κ1) is 22.2. The predicted octanol–water partition coefficient (Wildman–Crippen LogP) is 4.60. The Hall–Kier alpha value is -3.02. The summed E-state index contributed by atoms with van der Waals surface area (Å²) in [4.78, 5) is 26.7. The van der Waals surface area contributed by atoms with E-state index in [1.165, 1.54) is 28.9 Å². The predicted molar refractivity (Wildman–Crippen MR) is 128 cm³/mol. The number of fused-ring (bicyclic) bond motifs is 1. The number of hydrogen-bond acceptors (Lipinski definition) is 3. The van der Waals surface area contributed by atoms with E-state index in [-0.39, 0.29) is 23.0 Å². The number of halogens is 2. The van der Waals surface area contributed by atoms with Gasteiger partial charge in [0.05, 0.1) is 17.1 Å². The average molecular weight is 468 g/mol. The summed E-state index contributed by atoms with van der Waals surface area (Å²) in [6, 6.07) is 21.3. The largest absolute Gasteiger partial charge is 0.367 e. The third-order valence-electron chi connectivity index (χ3n) is 5.45. The molecule has 164 valence electrons. The molecule has 32 heavy (non-hydrogen) atoms. The fourth-order valence-corrected chi connectivity index (χ4v) is 4.24. The van der Waals surface area contributed by atoms with Gasteiger partial charge in [-0.05, 0) is 47.4 Å². The number of rotatable bonds is 7. The van der Waals surface area contributed by atoms with Gasteiger partial charge in [0.1, 0.15) is 0 Å². The second-order valence-electron chi connectivity index (χ2n) is 7.70. The van der Waals surface area contributed by atoms with Crippen LogP contribution in [0.1, 0.15) is 27.0 Å². The monoisotopic (exact) mass is 467 g/mol. The van der Waals surface area contributed by atoms with E-state index in [1.807, 2.05) is 12.1 Å². The van der Waals surface area contributed by atoms with Gasteiger partial charge >= 0.3 is 0 Å². The van der Waals surface area contributed by atoms with Crippen LogP contribution in [0.4, 0.5) is 5.69 Å².